The van der Waals surface area contributed by atoms with E-state index in [1.54, 1.807) is 12.1 Å². The summed E-state index contributed by atoms with van der Waals surface area (Å²) in [5.74, 6) is -3.10. The van der Waals surface area contributed by atoms with Gasteiger partial charge in [-0.1, -0.05) is 18.9 Å². The van der Waals surface area contributed by atoms with E-state index in [1.807, 2.05) is 0 Å². The molecule has 3 aliphatic rings. The Morgan fingerprint density at radius 1 is 1.19 bits per heavy atom. The van der Waals surface area contributed by atoms with Crippen LogP contribution in [0, 0.1) is 17.7 Å². The second kappa shape index (κ2) is 7.23. The second-order valence-electron chi connectivity index (χ2n) is 7.87. The molecule has 0 spiro atoms. The van der Waals surface area contributed by atoms with Crippen LogP contribution in [0.25, 0.3) is 0 Å². The highest BCUT2D eigenvalue weighted by Gasteiger charge is 2.45. The molecule has 0 bridgehead atoms. The van der Waals surface area contributed by atoms with E-state index in [0.29, 0.717) is 22.6 Å². The summed E-state index contributed by atoms with van der Waals surface area (Å²) >= 11 is 3.30. The van der Waals surface area contributed by atoms with Gasteiger partial charge in [0.1, 0.15) is 16.5 Å². The number of carbonyl (C=O) groups excluding carboxylic acids is 2. The Labute approximate surface area is 186 Å². The number of ketones is 1. The van der Waals surface area contributed by atoms with Gasteiger partial charge in [0, 0.05) is 16.6 Å². The van der Waals surface area contributed by atoms with E-state index in [4.69, 9.17) is 0 Å². The number of para-hydroxylation sites is 1. The highest BCUT2D eigenvalue weighted by molar-refractivity contribution is 9.10. The zero-order valence-corrected chi connectivity index (χ0v) is 18.5. The van der Waals surface area contributed by atoms with Crippen molar-refractivity contribution < 1.29 is 22.4 Å². The number of nitrogens with zero attached hydrogens (tertiary/aromatic N) is 2. The second-order valence-corrected chi connectivity index (χ2v) is 10.3. The van der Waals surface area contributed by atoms with Crippen molar-refractivity contribution in [1.82, 2.24) is 0 Å². The highest BCUT2D eigenvalue weighted by atomic mass is 79.9. The first-order chi connectivity index (χ1) is 14.8. The zero-order valence-electron chi connectivity index (χ0n) is 16.1. The number of nitrogens with one attached hydrogen (secondary N) is 1. The SMILES string of the molecule is O=C1c2cc(F)ccc2N(CCC2CC2)C(=O)C1C1=NS(=O)(=O)c2cccc(Br)c2N1. The van der Waals surface area contributed by atoms with Crippen molar-refractivity contribution in [3.8, 4) is 0 Å². The van der Waals surface area contributed by atoms with Crippen LogP contribution < -0.4 is 10.2 Å². The topological polar surface area (TPSA) is 95.9 Å². The lowest BCUT2D eigenvalue weighted by Gasteiger charge is -2.34. The first-order valence-corrected chi connectivity index (χ1v) is 12.0. The van der Waals surface area contributed by atoms with E-state index in [0.717, 1.165) is 25.3 Å². The van der Waals surface area contributed by atoms with Crippen molar-refractivity contribution in [2.75, 3.05) is 16.8 Å². The number of Topliss-reactive ketones (excluding diaryl/α,β-unsaturated/α-hetero) is 1. The first-order valence-electron chi connectivity index (χ1n) is 9.82. The van der Waals surface area contributed by atoms with Crippen LogP contribution in [-0.4, -0.2) is 32.5 Å². The maximum atomic E-state index is 14.0. The number of hydrogen-bond donors (Lipinski definition) is 1. The number of hydrogen-bond acceptors (Lipinski definition) is 5. The van der Waals surface area contributed by atoms with Gasteiger partial charge in [0.25, 0.3) is 10.0 Å². The van der Waals surface area contributed by atoms with Gasteiger partial charge in [0.05, 0.1) is 11.4 Å². The summed E-state index contributed by atoms with van der Waals surface area (Å²) in [5.41, 5.74) is 0.594. The molecule has 1 unspecified atom stereocenters. The van der Waals surface area contributed by atoms with Crippen LogP contribution >= 0.6 is 15.9 Å². The first kappa shape index (κ1) is 20.3. The number of sulfonamides is 1. The summed E-state index contributed by atoms with van der Waals surface area (Å²) in [7, 11) is -4.13. The van der Waals surface area contributed by atoms with E-state index in [2.05, 4.69) is 25.6 Å². The molecule has 2 heterocycles. The molecular weight excluding hydrogens is 489 g/mol. The number of benzene rings is 2. The van der Waals surface area contributed by atoms with Crippen molar-refractivity contribution in [3.05, 3.63) is 52.3 Å². The number of carbonyl (C=O) groups is 2. The van der Waals surface area contributed by atoms with Gasteiger partial charge < -0.3 is 10.2 Å². The van der Waals surface area contributed by atoms with Gasteiger partial charge >= 0.3 is 0 Å². The minimum absolute atomic E-state index is 0.0419. The van der Waals surface area contributed by atoms with Gasteiger partial charge in [-0.3, -0.25) is 9.59 Å². The Kier molecular flexibility index (Phi) is 4.74. The summed E-state index contributed by atoms with van der Waals surface area (Å²) < 4.78 is 43.7. The lowest BCUT2D eigenvalue weighted by molar-refractivity contribution is -0.119. The van der Waals surface area contributed by atoms with Crippen LogP contribution in [-0.2, 0) is 14.8 Å². The Hall–Kier alpha value is -2.59. The third-order valence-electron chi connectivity index (χ3n) is 5.75. The molecule has 0 saturated heterocycles. The van der Waals surface area contributed by atoms with Crippen molar-refractivity contribution >= 4 is 54.9 Å². The maximum Gasteiger partial charge on any atom is 0.286 e. The van der Waals surface area contributed by atoms with Gasteiger partial charge in [0.2, 0.25) is 5.91 Å². The van der Waals surface area contributed by atoms with Gasteiger partial charge in [-0.2, -0.15) is 8.42 Å². The summed E-state index contributed by atoms with van der Waals surface area (Å²) in [4.78, 5) is 28.0. The molecule has 7 nitrogen and oxygen atoms in total. The van der Waals surface area contributed by atoms with Crippen molar-refractivity contribution in [2.45, 2.75) is 24.2 Å². The van der Waals surface area contributed by atoms with Gasteiger partial charge in [-0.25, -0.2) is 4.39 Å². The molecule has 1 saturated carbocycles. The predicted molar refractivity (Wildman–Crippen MR) is 116 cm³/mol. The van der Waals surface area contributed by atoms with Crippen LogP contribution in [0.3, 0.4) is 0 Å². The van der Waals surface area contributed by atoms with Gasteiger partial charge in [-0.15, -0.1) is 4.40 Å². The molecule has 1 fully saturated rings. The van der Waals surface area contributed by atoms with Crippen LogP contribution in [0.1, 0.15) is 29.6 Å². The fourth-order valence-corrected chi connectivity index (χ4v) is 5.74. The Morgan fingerprint density at radius 2 is 1.97 bits per heavy atom. The lowest BCUT2D eigenvalue weighted by atomic mass is 9.88. The molecule has 160 valence electrons. The van der Waals surface area contributed by atoms with E-state index in [-0.39, 0.29) is 22.0 Å². The fourth-order valence-electron chi connectivity index (χ4n) is 3.97. The molecule has 31 heavy (non-hydrogen) atoms. The molecule has 1 atom stereocenters. The summed E-state index contributed by atoms with van der Waals surface area (Å²) in [5, 5.41) is 2.86. The number of amides is 1. The molecule has 10 heteroatoms. The Morgan fingerprint density at radius 3 is 2.71 bits per heavy atom. The van der Waals surface area contributed by atoms with E-state index in [9.17, 15) is 22.4 Å². The number of halogens is 2. The Balaban J connectivity index is 1.60. The number of anilines is 2. The van der Waals surface area contributed by atoms with Crippen LogP contribution in [0.15, 0.2) is 50.2 Å². The molecule has 1 amide bonds. The van der Waals surface area contributed by atoms with Gasteiger partial charge in [-0.05, 0) is 58.6 Å². The van der Waals surface area contributed by atoms with Crippen LogP contribution in [0.2, 0.25) is 0 Å². The average Bonchev–Trinajstić information content (AvgIpc) is 3.53. The molecule has 2 aromatic carbocycles. The van der Waals surface area contributed by atoms with Crippen molar-refractivity contribution in [2.24, 2.45) is 16.2 Å². The van der Waals surface area contributed by atoms with E-state index < -0.39 is 33.4 Å². The van der Waals surface area contributed by atoms with E-state index >= 15 is 0 Å². The molecule has 0 aromatic heterocycles. The molecule has 0 radical (unpaired) electrons. The molecule has 5 rings (SSSR count). The minimum Gasteiger partial charge on any atom is -0.340 e. The number of amidine groups is 1. The summed E-state index contributed by atoms with van der Waals surface area (Å²) in [6, 6.07) is 8.29. The van der Waals surface area contributed by atoms with Crippen LogP contribution in [0.5, 0.6) is 0 Å². The molecule has 2 aliphatic heterocycles. The zero-order chi connectivity index (χ0) is 21.9. The third kappa shape index (κ3) is 3.47. The maximum absolute atomic E-state index is 14.0. The minimum atomic E-state index is -4.13. The fraction of sp³-hybridized carbons (Fsp3) is 0.286. The van der Waals surface area contributed by atoms with Crippen molar-refractivity contribution in [3.63, 3.8) is 0 Å². The van der Waals surface area contributed by atoms with E-state index in [1.165, 1.54) is 23.1 Å². The molecule has 2 aromatic rings. The van der Waals surface area contributed by atoms with Crippen molar-refractivity contribution in [1.29, 1.82) is 0 Å². The Bertz CT molecular complexity index is 1270. The standard InChI is InChI=1S/C21H17BrFN3O4S/c22-14-2-1-3-16-18(14)24-20(25-31(16,29)30)17-19(27)13-10-12(23)6-7-15(13)26(21(17)28)9-8-11-4-5-11/h1-3,6-7,10-11,17H,4-5,8-9H2,(H,24,25). The van der Waals surface area contributed by atoms with Gasteiger partial charge in [0.15, 0.2) is 11.7 Å². The predicted octanol–water partition coefficient (Wildman–Crippen LogP) is 3.75. The summed E-state index contributed by atoms with van der Waals surface area (Å²) in [6.07, 6.45) is 2.95. The average molecular weight is 506 g/mol. The highest BCUT2D eigenvalue weighted by Crippen LogP contribution is 2.39. The number of fused-ring (bicyclic) bond motifs is 2. The third-order valence-corrected chi connectivity index (χ3v) is 7.74. The molecule has 1 N–H and O–H groups in total. The molecule has 1 aliphatic carbocycles. The molecular formula is C21H17BrFN3O4S. The quantitative estimate of drug-likeness (QED) is 0.638. The monoisotopic (exact) mass is 505 g/mol. The lowest BCUT2D eigenvalue weighted by Crippen LogP contribution is -2.50. The summed E-state index contributed by atoms with van der Waals surface area (Å²) in [6.45, 7) is 0.367. The van der Waals surface area contributed by atoms with Crippen LogP contribution in [0.4, 0.5) is 15.8 Å². The largest absolute Gasteiger partial charge is 0.340 e. The smallest absolute Gasteiger partial charge is 0.286 e. The number of rotatable bonds is 4. The normalized spacial score (nSPS) is 21.8.